The van der Waals surface area contributed by atoms with Crippen LogP contribution in [0.25, 0.3) is 0 Å². The van der Waals surface area contributed by atoms with Crippen LogP contribution in [0, 0.1) is 5.41 Å². The number of ether oxygens (including phenoxy) is 2. The predicted molar refractivity (Wildman–Crippen MR) is 81.0 cm³/mol. The van der Waals surface area contributed by atoms with E-state index >= 15 is 0 Å². The van der Waals surface area contributed by atoms with Crippen LogP contribution in [0.3, 0.4) is 0 Å². The molecule has 0 bridgehead atoms. The summed E-state index contributed by atoms with van der Waals surface area (Å²) in [6.45, 7) is 7.77. The van der Waals surface area contributed by atoms with Gasteiger partial charge in [0.2, 0.25) is 0 Å². The molecule has 0 N–H and O–H groups in total. The number of hydrogen-bond donors (Lipinski definition) is 0. The predicted octanol–water partition coefficient (Wildman–Crippen LogP) is 1.83. The number of likely N-dealkylation sites (tertiary alicyclic amines) is 1. The molecule has 0 amide bonds. The first kappa shape index (κ1) is 15.0. The highest BCUT2D eigenvalue weighted by atomic mass is 16.5. The lowest BCUT2D eigenvalue weighted by atomic mass is 9.73. The van der Waals surface area contributed by atoms with E-state index in [9.17, 15) is 0 Å². The molecule has 0 saturated carbocycles. The second-order valence-corrected chi connectivity index (χ2v) is 6.48. The Bertz CT molecular complexity index is 462. The summed E-state index contributed by atoms with van der Waals surface area (Å²) in [7, 11) is 1.97. The summed E-state index contributed by atoms with van der Waals surface area (Å²) >= 11 is 0. The van der Waals surface area contributed by atoms with Crippen LogP contribution in [0.2, 0.25) is 0 Å². The van der Waals surface area contributed by atoms with E-state index in [4.69, 9.17) is 9.47 Å². The van der Waals surface area contributed by atoms with E-state index in [2.05, 4.69) is 23.1 Å². The number of hydrogen-bond acceptors (Lipinski definition) is 4. The third-order valence-electron chi connectivity index (χ3n) is 4.83. The lowest BCUT2D eigenvalue weighted by molar-refractivity contribution is -0.153. The molecule has 3 rings (SSSR count). The number of rotatable bonds is 5. The Balaban J connectivity index is 1.68. The zero-order valence-electron chi connectivity index (χ0n) is 13.3. The summed E-state index contributed by atoms with van der Waals surface area (Å²) in [4.78, 5) is 2.54. The first-order valence-electron chi connectivity index (χ1n) is 8.11. The topological polar surface area (TPSA) is 39.5 Å². The molecule has 5 heteroatoms. The second kappa shape index (κ2) is 6.46. The molecular weight excluding hydrogens is 266 g/mol. The van der Waals surface area contributed by atoms with Crippen molar-refractivity contribution in [3.8, 4) is 0 Å². The Morgan fingerprint density at radius 3 is 3.19 bits per heavy atom. The number of piperidine rings is 1. The molecule has 118 valence electrons. The maximum absolute atomic E-state index is 6.06. The van der Waals surface area contributed by atoms with Crippen molar-refractivity contribution in [2.75, 3.05) is 32.9 Å². The SMILES string of the molecule is CCOC[C@]12CCCO[C@@H]1CCN(Cc1cnn(C)c1)C2. The van der Waals surface area contributed by atoms with Gasteiger partial charge in [-0.15, -0.1) is 0 Å². The molecule has 2 saturated heterocycles. The smallest absolute Gasteiger partial charge is 0.0677 e. The second-order valence-electron chi connectivity index (χ2n) is 6.48. The first-order valence-corrected chi connectivity index (χ1v) is 8.11. The van der Waals surface area contributed by atoms with Gasteiger partial charge >= 0.3 is 0 Å². The van der Waals surface area contributed by atoms with Gasteiger partial charge in [-0.05, 0) is 26.2 Å². The van der Waals surface area contributed by atoms with Gasteiger partial charge in [-0.25, -0.2) is 0 Å². The summed E-state index contributed by atoms with van der Waals surface area (Å²) in [5.74, 6) is 0. The molecule has 2 fully saturated rings. The van der Waals surface area contributed by atoms with E-state index in [1.165, 1.54) is 12.0 Å². The van der Waals surface area contributed by atoms with Crippen molar-refractivity contribution < 1.29 is 9.47 Å². The van der Waals surface area contributed by atoms with Crippen LogP contribution in [0.4, 0.5) is 0 Å². The monoisotopic (exact) mass is 293 g/mol. The van der Waals surface area contributed by atoms with Crippen LogP contribution in [-0.2, 0) is 23.1 Å². The van der Waals surface area contributed by atoms with Crippen LogP contribution >= 0.6 is 0 Å². The van der Waals surface area contributed by atoms with Crippen molar-refractivity contribution in [1.29, 1.82) is 0 Å². The van der Waals surface area contributed by atoms with Crippen LogP contribution in [-0.4, -0.2) is 53.7 Å². The largest absolute Gasteiger partial charge is 0.381 e. The van der Waals surface area contributed by atoms with Crippen molar-refractivity contribution in [2.45, 2.75) is 38.8 Å². The molecular formula is C16H27N3O2. The van der Waals surface area contributed by atoms with Gasteiger partial charge in [0.1, 0.15) is 0 Å². The highest BCUT2D eigenvalue weighted by molar-refractivity contribution is 5.05. The Kier molecular flexibility index (Phi) is 4.62. The molecule has 0 unspecified atom stereocenters. The van der Waals surface area contributed by atoms with Crippen molar-refractivity contribution in [2.24, 2.45) is 12.5 Å². The minimum atomic E-state index is 0.189. The van der Waals surface area contributed by atoms with Crippen LogP contribution < -0.4 is 0 Å². The van der Waals surface area contributed by atoms with E-state index < -0.39 is 0 Å². The molecule has 0 aliphatic carbocycles. The average Bonchev–Trinajstić information content (AvgIpc) is 2.90. The minimum absolute atomic E-state index is 0.189. The Morgan fingerprint density at radius 1 is 1.52 bits per heavy atom. The summed E-state index contributed by atoms with van der Waals surface area (Å²) in [6.07, 6.45) is 7.96. The van der Waals surface area contributed by atoms with Gasteiger partial charge in [0, 0.05) is 57.1 Å². The van der Waals surface area contributed by atoms with Crippen LogP contribution in [0.15, 0.2) is 12.4 Å². The van der Waals surface area contributed by atoms with Gasteiger partial charge in [0.25, 0.3) is 0 Å². The standard InChI is InChI=1S/C16H27N3O2/c1-3-20-13-16-6-4-8-21-15(16)5-7-19(12-16)11-14-9-17-18(2)10-14/h9-10,15H,3-8,11-13H2,1-2H3/t15-,16-/m1/s1. The van der Waals surface area contributed by atoms with Crippen molar-refractivity contribution in [3.05, 3.63) is 18.0 Å². The quantitative estimate of drug-likeness (QED) is 0.830. The lowest BCUT2D eigenvalue weighted by Crippen LogP contribution is -2.56. The molecule has 0 spiro atoms. The molecule has 0 radical (unpaired) electrons. The van der Waals surface area contributed by atoms with Crippen molar-refractivity contribution in [3.63, 3.8) is 0 Å². The highest BCUT2D eigenvalue weighted by Gasteiger charge is 2.46. The number of aromatic nitrogens is 2. The number of fused-ring (bicyclic) bond motifs is 1. The zero-order chi connectivity index (χ0) is 14.7. The summed E-state index contributed by atoms with van der Waals surface area (Å²) in [6, 6.07) is 0. The highest BCUT2D eigenvalue weighted by Crippen LogP contribution is 2.40. The molecule has 0 aromatic carbocycles. The molecule has 3 heterocycles. The third-order valence-corrected chi connectivity index (χ3v) is 4.83. The Labute approximate surface area is 127 Å². The van der Waals surface area contributed by atoms with Gasteiger partial charge in [-0.3, -0.25) is 9.58 Å². The Morgan fingerprint density at radius 2 is 2.43 bits per heavy atom. The van der Waals surface area contributed by atoms with Gasteiger partial charge in [-0.2, -0.15) is 5.10 Å². The Hall–Kier alpha value is -0.910. The fraction of sp³-hybridized carbons (Fsp3) is 0.812. The van der Waals surface area contributed by atoms with E-state index in [0.717, 1.165) is 52.3 Å². The van der Waals surface area contributed by atoms with E-state index in [1.54, 1.807) is 0 Å². The molecule has 2 aliphatic heterocycles. The number of aryl methyl sites for hydroxylation is 1. The molecule has 2 atom stereocenters. The van der Waals surface area contributed by atoms with E-state index in [-0.39, 0.29) is 5.41 Å². The number of nitrogens with zero attached hydrogens (tertiary/aromatic N) is 3. The van der Waals surface area contributed by atoms with Crippen LogP contribution in [0.1, 0.15) is 31.7 Å². The molecule has 1 aromatic heterocycles. The van der Waals surface area contributed by atoms with Crippen molar-refractivity contribution >= 4 is 0 Å². The van der Waals surface area contributed by atoms with Gasteiger partial charge in [0.05, 0.1) is 18.9 Å². The molecule has 5 nitrogen and oxygen atoms in total. The fourth-order valence-corrected chi connectivity index (χ4v) is 3.84. The molecule has 1 aromatic rings. The van der Waals surface area contributed by atoms with Crippen molar-refractivity contribution in [1.82, 2.24) is 14.7 Å². The van der Waals surface area contributed by atoms with Gasteiger partial charge in [0.15, 0.2) is 0 Å². The minimum Gasteiger partial charge on any atom is -0.381 e. The summed E-state index contributed by atoms with van der Waals surface area (Å²) < 4.78 is 13.8. The van der Waals surface area contributed by atoms with E-state index in [1.807, 2.05) is 17.9 Å². The maximum atomic E-state index is 6.06. The normalized spacial score (nSPS) is 30.3. The molecule has 2 aliphatic rings. The average molecular weight is 293 g/mol. The first-order chi connectivity index (χ1) is 10.2. The van der Waals surface area contributed by atoms with E-state index in [0.29, 0.717) is 6.10 Å². The molecule has 21 heavy (non-hydrogen) atoms. The maximum Gasteiger partial charge on any atom is 0.0677 e. The van der Waals surface area contributed by atoms with Crippen LogP contribution in [0.5, 0.6) is 0 Å². The van der Waals surface area contributed by atoms with Gasteiger partial charge < -0.3 is 9.47 Å². The third kappa shape index (κ3) is 3.30. The fourth-order valence-electron chi connectivity index (χ4n) is 3.84. The lowest BCUT2D eigenvalue weighted by Gasteiger charge is -2.50. The van der Waals surface area contributed by atoms with Gasteiger partial charge in [-0.1, -0.05) is 0 Å². The summed E-state index contributed by atoms with van der Waals surface area (Å²) in [5, 5.41) is 4.27. The zero-order valence-corrected chi connectivity index (χ0v) is 13.3. The summed E-state index contributed by atoms with van der Waals surface area (Å²) in [5.41, 5.74) is 1.48.